The molecule has 2 aromatic heterocycles. The summed E-state index contributed by atoms with van der Waals surface area (Å²) >= 11 is 1.45. The molecule has 0 fully saturated rings. The third kappa shape index (κ3) is 5.04. The number of hydrogen-bond acceptors (Lipinski definition) is 6. The first-order chi connectivity index (χ1) is 17.5. The fourth-order valence-electron chi connectivity index (χ4n) is 3.91. The van der Waals surface area contributed by atoms with Gasteiger partial charge in [0.05, 0.1) is 0 Å². The van der Waals surface area contributed by atoms with Crippen molar-refractivity contribution in [1.82, 2.24) is 19.6 Å². The van der Waals surface area contributed by atoms with Crippen LogP contribution in [0.5, 0.6) is 0 Å². The van der Waals surface area contributed by atoms with Gasteiger partial charge in [-0.15, -0.1) is 5.10 Å². The molecule has 0 bridgehead atoms. The highest BCUT2D eigenvalue weighted by atomic mass is 32.2. The molecule has 5 aromatic rings. The smallest absolute Gasteiger partial charge is 0.255 e. The summed E-state index contributed by atoms with van der Waals surface area (Å²) in [6.07, 6.45) is 0. The van der Waals surface area contributed by atoms with Crippen molar-refractivity contribution in [2.75, 3.05) is 5.32 Å². The average molecular weight is 494 g/mol. The van der Waals surface area contributed by atoms with Gasteiger partial charge in [-0.1, -0.05) is 72.4 Å². The van der Waals surface area contributed by atoms with Crippen molar-refractivity contribution in [2.45, 2.75) is 24.8 Å². The SMILES string of the molecule is Cc1cc(C)n2nc(SCc3ccccc3C(=O)Nc3cccc(C(=O)c4ccccc4)c3)nc2n1. The van der Waals surface area contributed by atoms with Gasteiger partial charge in [0, 0.05) is 39.5 Å². The maximum Gasteiger partial charge on any atom is 0.255 e. The van der Waals surface area contributed by atoms with Crippen molar-refractivity contribution in [3.05, 3.63) is 119 Å². The summed E-state index contributed by atoms with van der Waals surface area (Å²) < 4.78 is 1.72. The average Bonchev–Trinajstić information content (AvgIpc) is 3.31. The predicted molar refractivity (Wildman–Crippen MR) is 141 cm³/mol. The van der Waals surface area contributed by atoms with Crippen molar-refractivity contribution in [1.29, 1.82) is 0 Å². The Hall–Kier alpha value is -4.30. The molecule has 0 atom stereocenters. The van der Waals surface area contributed by atoms with Crippen LogP contribution >= 0.6 is 11.8 Å². The molecule has 178 valence electrons. The maximum atomic E-state index is 13.2. The van der Waals surface area contributed by atoms with Crippen molar-refractivity contribution in [3.63, 3.8) is 0 Å². The van der Waals surface area contributed by atoms with Gasteiger partial charge in [0.25, 0.3) is 11.7 Å². The lowest BCUT2D eigenvalue weighted by Gasteiger charge is -2.10. The van der Waals surface area contributed by atoms with Crippen LogP contribution in [0.4, 0.5) is 5.69 Å². The zero-order chi connectivity index (χ0) is 25.1. The molecule has 1 N–H and O–H groups in total. The van der Waals surface area contributed by atoms with E-state index in [1.807, 2.05) is 56.3 Å². The highest BCUT2D eigenvalue weighted by molar-refractivity contribution is 7.98. The van der Waals surface area contributed by atoms with Crippen LogP contribution in [0.15, 0.2) is 90.1 Å². The van der Waals surface area contributed by atoms with Gasteiger partial charge in [-0.25, -0.2) is 9.50 Å². The van der Waals surface area contributed by atoms with Gasteiger partial charge in [-0.3, -0.25) is 9.59 Å². The largest absolute Gasteiger partial charge is 0.322 e. The molecule has 0 aliphatic carbocycles. The first kappa shape index (κ1) is 23.4. The van der Waals surface area contributed by atoms with Gasteiger partial charge >= 0.3 is 0 Å². The third-order valence-corrected chi connectivity index (χ3v) is 6.52. The molecular weight excluding hydrogens is 470 g/mol. The summed E-state index contributed by atoms with van der Waals surface area (Å²) in [5.41, 5.74) is 4.94. The van der Waals surface area contributed by atoms with E-state index in [1.165, 1.54) is 11.8 Å². The Balaban J connectivity index is 1.32. The number of amides is 1. The zero-order valence-corrected chi connectivity index (χ0v) is 20.6. The van der Waals surface area contributed by atoms with Crippen LogP contribution in [-0.4, -0.2) is 31.3 Å². The number of fused-ring (bicyclic) bond motifs is 1. The van der Waals surface area contributed by atoms with Crippen LogP contribution in [0.3, 0.4) is 0 Å². The predicted octanol–water partition coefficient (Wildman–Crippen LogP) is 5.52. The van der Waals surface area contributed by atoms with E-state index in [4.69, 9.17) is 0 Å². The second-order valence-corrected chi connectivity index (χ2v) is 9.26. The molecule has 0 unspecified atom stereocenters. The number of benzene rings is 3. The Morgan fingerprint density at radius 1 is 0.861 bits per heavy atom. The molecule has 0 saturated carbocycles. The number of carbonyl (C=O) groups excluding carboxylic acids is 2. The van der Waals surface area contributed by atoms with Crippen LogP contribution in [0, 0.1) is 13.8 Å². The number of rotatable bonds is 7. The zero-order valence-electron chi connectivity index (χ0n) is 19.8. The van der Waals surface area contributed by atoms with Gasteiger partial charge in [0.15, 0.2) is 5.78 Å². The number of aromatic nitrogens is 4. The number of anilines is 1. The van der Waals surface area contributed by atoms with Crippen molar-refractivity contribution in [3.8, 4) is 0 Å². The van der Waals surface area contributed by atoms with Gasteiger partial charge < -0.3 is 5.32 Å². The molecule has 0 radical (unpaired) electrons. The Morgan fingerprint density at radius 2 is 1.61 bits per heavy atom. The number of nitrogens with zero attached hydrogens (tertiary/aromatic N) is 4. The minimum Gasteiger partial charge on any atom is -0.322 e. The lowest BCUT2D eigenvalue weighted by atomic mass is 10.0. The van der Waals surface area contributed by atoms with E-state index in [2.05, 4.69) is 20.4 Å². The maximum absolute atomic E-state index is 13.2. The molecule has 36 heavy (non-hydrogen) atoms. The number of hydrogen-bond donors (Lipinski definition) is 1. The van der Waals surface area contributed by atoms with Gasteiger partial charge in [-0.05, 0) is 43.7 Å². The van der Waals surface area contributed by atoms with E-state index < -0.39 is 0 Å². The standard InChI is InChI=1S/C28H23N5O2S/c1-18-15-19(2)33-27(29-18)31-28(32-33)36-17-22-11-6-7-14-24(22)26(35)30-23-13-8-12-21(16-23)25(34)20-9-4-3-5-10-20/h3-16H,17H2,1-2H3,(H,30,35). The fraction of sp³-hybridized carbons (Fsp3) is 0.107. The summed E-state index contributed by atoms with van der Waals surface area (Å²) in [6.45, 7) is 3.89. The van der Waals surface area contributed by atoms with Gasteiger partial charge in [-0.2, -0.15) is 4.98 Å². The monoisotopic (exact) mass is 493 g/mol. The molecule has 0 saturated heterocycles. The summed E-state index contributed by atoms with van der Waals surface area (Å²) in [4.78, 5) is 34.9. The Labute approximate surface area is 212 Å². The Bertz CT molecular complexity index is 1580. The second kappa shape index (κ2) is 10.1. The second-order valence-electron chi connectivity index (χ2n) is 8.32. The molecule has 0 aliphatic heterocycles. The van der Waals surface area contributed by atoms with E-state index in [0.29, 0.717) is 39.1 Å². The summed E-state index contributed by atoms with van der Waals surface area (Å²) in [6, 6.07) is 25.4. The Kier molecular flexibility index (Phi) is 6.60. The van der Waals surface area contributed by atoms with Crippen LogP contribution in [-0.2, 0) is 5.75 Å². The van der Waals surface area contributed by atoms with Crippen molar-refractivity contribution in [2.24, 2.45) is 0 Å². The van der Waals surface area contributed by atoms with Crippen molar-refractivity contribution < 1.29 is 9.59 Å². The summed E-state index contributed by atoms with van der Waals surface area (Å²) in [5.74, 6) is 0.742. The van der Waals surface area contributed by atoms with E-state index in [0.717, 1.165) is 17.0 Å². The fourth-order valence-corrected chi connectivity index (χ4v) is 4.73. The molecule has 0 spiro atoms. The quantitative estimate of drug-likeness (QED) is 0.237. The van der Waals surface area contributed by atoms with E-state index in [9.17, 15) is 9.59 Å². The summed E-state index contributed by atoms with van der Waals surface area (Å²) in [7, 11) is 0. The van der Waals surface area contributed by atoms with E-state index >= 15 is 0 Å². The van der Waals surface area contributed by atoms with E-state index in [1.54, 1.807) is 47.0 Å². The highest BCUT2D eigenvalue weighted by Gasteiger charge is 2.15. The molecule has 2 heterocycles. The van der Waals surface area contributed by atoms with Crippen LogP contribution in [0.2, 0.25) is 0 Å². The molecular formula is C28H23N5O2S. The van der Waals surface area contributed by atoms with Crippen LogP contribution in [0.25, 0.3) is 5.78 Å². The van der Waals surface area contributed by atoms with Crippen LogP contribution < -0.4 is 5.32 Å². The third-order valence-electron chi connectivity index (χ3n) is 5.64. The Morgan fingerprint density at radius 3 is 2.44 bits per heavy atom. The molecule has 7 nitrogen and oxygen atoms in total. The minimum atomic E-state index is -0.244. The number of ketones is 1. The highest BCUT2D eigenvalue weighted by Crippen LogP contribution is 2.24. The first-order valence-electron chi connectivity index (χ1n) is 11.4. The lowest BCUT2D eigenvalue weighted by Crippen LogP contribution is -2.14. The van der Waals surface area contributed by atoms with Crippen molar-refractivity contribution >= 4 is 34.9 Å². The number of thioether (sulfide) groups is 1. The lowest BCUT2D eigenvalue weighted by molar-refractivity contribution is 0.102. The summed E-state index contributed by atoms with van der Waals surface area (Å²) in [5, 5.41) is 8.06. The molecule has 0 aliphatic rings. The molecule has 1 amide bonds. The van der Waals surface area contributed by atoms with Gasteiger partial charge in [0.2, 0.25) is 5.16 Å². The first-order valence-corrected chi connectivity index (χ1v) is 12.4. The molecule has 3 aromatic carbocycles. The minimum absolute atomic E-state index is 0.0941. The van der Waals surface area contributed by atoms with E-state index in [-0.39, 0.29) is 11.7 Å². The topological polar surface area (TPSA) is 89.3 Å². The van der Waals surface area contributed by atoms with Gasteiger partial charge in [0.1, 0.15) is 0 Å². The number of carbonyl (C=O) groups is 2. The number of nitrogens with one attached hydrogen (secondary N) is 1. The molecule has 5 rings (SSSR count). The van der Waals surface area contributed by atoms with Crippen LogP contribution in [0.1, 0.15) is 43.2 Å². The number of aryl methyl sites for hydroxylation is 2. The normalized spacial score (nSPS) is 10.9. The molecule has 8 heteroatoms.